The second-order valence-electron chi connectivity index (χ2n) is 11.8. The molecule has 5 aromatic rings. The predicted octanol–water partition coefficient (Wildman–Crippen LogP) is 13.6. The van der Waals surface area contributed by atoms with Crippen molar-refractivity contribution in [2.75, 3.05) is 0 Å². The van der Waals surface area contributed by atoms with Crippen LogP contribution in [-0.4, -0.2) is 0 Å². The van der Waals surface area contributed by atoms with Gasteiger partial charge in [0.15, 0.2) is 17.4 Å². The second kappa shape index (κ2) is 15.1. The molecule has 0 aliphatic carbocycles. The van der Waals surface area contributed by atoms with Crippen molar-refractivity contribution in [1.29, 1.82) is 0 Å². The molecule has 0 heterocycles. The standard InChI is InChI=1S/C38H25ClF12O/c1-2-3-4-5-6-19-7-9-20(10-8-19)21-11-31(45)36(32(46)12-21)52-38(50,51)24-17-25(39)33(28(42)18-24)22-13-26(40)34(27(41)14-22)23-15-29(43)35(30(44)16-23)37(47,48)49/h7-18H,2-6H2,1H3. The first kappa shape index (κ1) is 38.6. The number of ether oxygens (including phenoxy) is 1. The van der Waals surface area contributed by atoms with Gasteiger partial charge in [-0.05, 0) is 89.2 Å². The first-order chi connectivity index (χ1) is 24.4. The summed E-state index contributed by atoms with van der Waals surface area (Å²) in [5.41, 5.74) is -5.90. The normalized spacial score (nSPS) is 12.0. The molecule has 0 N–H and O–H groups in total. The third-order valence-corrected chi connectivity index (χ3v) is 8.46. The maximum Gasteiger partial charge on any atom is 0.427 e. The quantitative estimate of drug-likeness (QED) is 0.0962. The summed E-state index contributed by atoms with van der Waals surface area (Å²) in [6, 6.07) is 9.84. The van der Waals surface area contributed by atoms with Crippen LogP contribution in [0.3, 0.4) is 0 Å². The average molecular weight is 761 g/mol. The minimum absolute atomic E-state index is 0.0284. The molecule has 0 aromatic heterocycles. The van der Waals surface area contributed by atoms with E-state index in [-0.39, 0.29) is 23.8 Å². The highest BCUT2D eigenvalue weighted by Crippen LogP contribution is 2.42. The number of hydrogen-bond acceptors (Lipinski definition) is 1. The highest BCUT2D eigenvalue weighted by molar-refractivity contribution is 6.33. The Bertz CT molecular complexity index is 2020. The molecule has 0 saturated heterocycles. The van der Waals surface area contributed by atoms with Crippen LogP contribution >= 0.6 is 11.6 Å². The molecule has 0 saturated carbocycles. The first-order valence-electron chi connectivity index (χ1n) is 15.6. The molecule has 1 nitrogen and oxygen atoms in total. The lowest BCUT2D eigenvalue weighted by atomic mass is 9.96. The Labute approximate surface area is 294 Å². The Hall–Kier alpha value is -4.65. The van der Waals surface area contributed by atoms with Gasteiger partial charge in [0.2, 0.25) is 0 Å². The highest BCUT2D eigenvalue weighted by atomic mass is 35.5. The van der Waals surface area contributed by atoms with Gasteiger partial charge in [0.25, 0.3) is 0 Å². The number of alkyl halides is 5. The molecule has 0 spiro atoms. The number of hydrogen-bond donors (Lipinski definition) is 0. The van der Waals surface area contributed by atoms with E-state index < -0.39 is 97.2 Å². The second-order valence-corrected chi connectivity index (χ2v) is 12.2. The fourth-order valence-electron chi connectivity index (χ4n) is 5.63. The van der Waals surface area contributed by atoms with Crippen LogP contribution in [0, 0.1) is 40.7 Å². The largest absolute Gasteiger partial charge is 0.427 e. The lowest BCUT2D eigenvalue weighted by Gasteiger charge is -2.21. The molecule has 0 aliphatic heterocycles. The number of unbranched alkanes of at least 4 members (excludes halogenated alkanes) is 3. The van der Waals surface area contributed by atoms with Gasteiger partial charge >= 0.3 is 12.3 Å². The van der Waals surface area contributed by atoms with Crippen LogP contribution in [0.5, 0.6) is 5.75 Å². The minimum atomic E-state index is -5.46. The highest BCUT2D eigenvalue weighted by Gasteiger charge is 2.40. The molecule has 0 aliphatic rings. The summed E-state index contributed by atoms with van der Waals surface area (Å²) >= 11 is 6.02. The number of halogens is 13. The summed E-state index contributed by atoms with van der Waals surface area (Å²) in [5, 5.41) is -0.874. The minimum Gasteiger partial charge on any atom is -0.423 e. The van der Waals surface area contributed by atoms with Crippen LogP contribution in [0.25, 0.3) is 33.4 Å². The molecule has 0 amide bonds. The average Bonchev–Trinajstić information content (AvgIpc) is 3.03. The molecule has 52 heavy (non-hydrogen) atoms. The number of aryl methyl sites for hydroxylation is 1. The van der Waals surface area contributed by atoms with Crippen LogP contribution in [0.15, 0.2) is 72.8 Å². The zero-order valence-corrected chi connectivity index (χ0v) is 27.5. The van der Waals surface area contributed by atoms with Gasteiger partial charge in [-0.3, -0.25) is 0 Å². The van der Waals surface area contributed by atoms with Crippen molar-refractivity contribution in [1.82, 2.24) is 0 Å². The van der Waals surface area contributed by atoms with Gasteiger partial charge < -0.3 is 4.74 Å². The Morgan fingerprint density at radius 3 is 1.56 bits per heavy atom. The maximum atomic E-state index is 15.3. The van der Waals surface area contributed by atoms with E-state index in [1.165, 1.54) is 0 Å². The topological polar surface area (TPSA) is 9.23 Å². The van der Waals surface area contributed by atoms with Gasteiger partial charge in [-0.2, -0.15) is 22.0 Å². The predicted molar refractivity (Wildman–Crippen MR) is 171 cm³/mol. The van der Waals surface area contributed by atoms with E-state index in [9.17, 15) is 30.7 Å². The van der Waals surface area contributed by atoms with Crippen LogP contribution in [0.4, 0.5) is 52.7 Å². The molecule has 0 radical (unpaired) electrons. The van der Waals surface area contributed by atoms with Crippen LogP contribution in [-0.2, 0) is 18.7 Å². The van der Waals surface area contributed by atoms with E-state index in [4.69, 9.17) is 11.6 Å². The molecular formula is C38H25ClF12O. The van der Waals surface area contributed by atoms with Crippen molar-refractivity contribution in [2.45, 2.75) is 51.3 Å². The smallest absolute Gasteiger partial charge is 0.423 e. The molecule has 14 heteroatoms. The van der Waals surface area contributed by atoms with Crippen LogP contribution < -0.4 is 4.74 Å². The first-order valence-corrected chi connectivity index (χ1v) is 16.0. The monoisotopic (exact) mass is 760 g/mol. The van der Waals surface area contributed by atoms with Crippen molar-refractivity contribution >= 4 is 11.6 Å². The zero-order valence-electron chi connectivity index (χ0n) is 26.8. The fourth-order valence-corrected chi connectivity index (χ4v) is 5.95. The summed E-state index contributed by atoms with van der Waals surface area (Å²) in [5.74, 6) is -13.7. The Balaban J connectivity index is 1.39. The van der Waals surface area contributed by atoms with Crippen molar-refractivity contribution in [3.63, 3.8) is 0 Å². The van der Waals surface area contributed by atoms with Gasteiger partial charge in [-0.1, -0.05) is 62.1 Å². The lowest BCUT2D eigenvalue weighted by Crippen LogP contribution is -2.23. The molecule has 0 bridgehead atoms. The number of benzene rings is 5. The summed E-state index contributed by atoms with van der Waals surface area (Å²) in [6.07, 6.45) is -5.04. The Morgan fingerprint density at radius 1 is 0.538 bits per heavy atom. The van der Waals surface area contributed by atoms with Gasteiger partial charge in [0.1, 0.15) is 34.6 Å². The third kappa shape index (κ3) is 8.19. The van der Waals surface area contributed by atoms with Gasteiger partial charge in [0.05, 0.1) is 16.1 Å². The zero-order chi connectivity index (χ0) is 38.1. The van der Waals surface area contributed by atoms with Gasteiger partial charge in [0, 0.05) is 5.56 Å². The molecule has 0 fully saturated rings. The SMILES string of the molecule is CCCCCCc1ccc(-c2cc(F)c(OC(F)(F)c3cc(F)c(-c4cc(F)c(-c5cc(F)c(C(F)(F)F)c(F)c5)c(F)c4)c(Cl)c3)c(F)c2)cc1. The maximum absolute atomic E-state index is 15.3. The Kier molecular flexibility index (Phi) is 11.2. The fraction of sp³-hybridized carbons (Fsp3) is 0.211. The van der Waals surface area contributed by atoms with Crippen LogP contribution in [0.2, 0.25) is 5.02 Å². The summed E-state index contributed by atoms with van der Waals surface area (Å²) in [4.78, 5) is 0. The summed E-state index contributed by atoms with van der Waals surface area (Å²) in [6.45, 7) is 2.09. The summed E-state index contributed by atoms with van der Waals surface area (Å²) < 4.78 is 177. The van der Waals surface area contributed by atoms with Crippen molar-refractivity contribution in [3.05, 3.63) is 135 Å². The van der Waals surface area contributed by atoms with E-state index in [0.717, 1.165) is 49.8 Å². The van der Waals surface area contributed by atoms with Crippen LogP contribution in [0.1, 0.15) is 49.3 Å². The molecule has 5 rings (SSSR count). The lowest BCUT2D eigenvalue weighted by molar-refractivity contribution is -0.188. The van der Waals surface area contributed by atoms with Gasteiger partial charge in [-0.25, -0.2) is 30.7 Å². The van der Waals surface area contributed by atoms with Gasteiger partial charge in [-0.15, -0.1) is 0 Å². The van der Waals surface area contributed by atoms with E-state index in [0.29, 0.717) is 23.8 Å². The van der Waals surface area contributed by atoms with E-state index in [2.05, 4.69) is 11.7 Å². The summed E-state index contributed by atoms with van der Waals surface area (Å²) in [7, 11) is 0. The van der Waals surface area contributed by atoms with E-state index in [1.54, 1.807) is 24.3 Å². The molecular weight excluding hydrogens is 736 g/mol. The third-order valence-electron chi connectivity index (χ3n) is 8.16. The van der Waals surface area contributed by atoms with Crippen molar-refractivity contribution < 1.29 is 57.4 Å². The molecule has 0 atom stereocenters. The molecule has 0 unspecified atom stereocenters. The van der Waals surface area contributed by atoms with Crippen molar-refractivity contribution in [3.8, 4) is 39.1 Å². The van der Waals surface area contributed by atoms with E-state index in [1.807, 2.05) is 0 Å². The van der Waals surface area contributed by atoms with Crippen molar-refractivity contribution in [2.24, 2.45) is 0 Å². The Morgan fingerprint density at radius 2 is 1.04 bits per heavy atom. The van der Waals surface area contributed by atoms with E-state index >= 15 is 22.0 Å². The number of rotatable bonds is 11. The molecule has 274 valence electrons. The molecule has 5 aromatic carbocycles.